The smallest absolute Gasteiger partial charge is 0.178 e. The predicted octanol–water partition coefficient (Wildman–Crippen LogP) is 6.66. The highest BCUT2D eigenvalue weighted by atomic mass is 16.7. The molecule has 0 spiro atoms. The van der Waals surface area contributed by atoms with Crippen LogP contribution in [0.2, 0.25) is 0 Å². The van der Waals surface area contributed by atoms with E-state index in [1.165, 1.54) is 6.42 Å². The quantitative estimate of drug-likeness (QED) is 0.386. The van der Waals surface area contributed by atoms with E-state index < -0.39 is 5.41 Å². The first kappa shape index (κ1) is 26.7. The fourth-order valence-electron chi connectivity index (χ4n) is 11.6. The summed E-state index contributed by atoms with van der Waals surface area (Å²) in [6.07, 6.45) is 10.1. The molecule has 0 aromatic heterocycles. The van der Waals surface area contributed by atoms with E-state index in [-0.39, 0.29) is 56.7 Å². The number of allylic oxidation sites excluding steroid dienone is 2. The molecule has 1 heterocycles. The van der Waals surface area contributed by atoms with E-state index in [9.17, 15) is 14.9 Å². The van der Waals surface area contributed by atoms with Gasteiger partial charge < -0.3 is 9.47 Å². The van der Waals surface area contributed by atoms with Gasteiger partial charge in [0.15, 0.2) is 5.78 Å². The van der Waals surface area contributed by atoms with Crippen LogP contribution in [-0.4, -0.2) is 31.1 Å². The van der Waals surface area contributed by atoms with Crippen LogP contribution in [-0.2, 0) is 19.1 Å². The summed E-state index contributed by atoms with van der Waals surface area (Å²) in [7, 11) is 0. The van der Waals surface area contributed by atoms with E-state index in [1.54, 1.807) is 0 Å². The van der Waals surface area contributed by atoms with Crippen LogP contribution in [0.1, 0.15) is 99.8 Å². The second-order valence-corrected chi connectivity index (χ2v) is 16.1. The minimum absolute atomic E-state index is 0.0171. The van der Waals surface area contributed by atoms with Crippen molar-refractivity contribution in [1.29, 1.82) is 5.26 Å². The minimum Gasteiger partial charge on any atom is -0.353 e. The van der Waals surface area contributed by atoms with Gasteiger partial charge in [-0.2, -0.15) is 5.26 Å². The summed E-state index contributed by atoms with van der Waals surface area (Å²) >= 11 is 0. The number of nitriles is 1. The number of ether oxygens (including phenoxy) is 2. The number of Topliss-reactive ketones (excluding diaryl/α,β-unsaturated/α-hetero) is 2. The van der Waals surface area contributed by atoms with Crippen LogP contribution in [0.25, 0.3) is 0 Å². The Morgan fingerprint density at radius 3 is 2.29 bits per heavy atom. The largest absolute Gasteiger partial charge is 0.353 e. The van der Waals surface area contributed by atoms with Gasteiger partial charge in [-0.25, -0.2) is 0 Å². The molecule has 38 heavy (non-hydrogen) atoms. The zero-order chi connectivity index (χ0) is 27.5. The number of rotatable bonds is 1. The molecule has 1 unspecified atom stereocenters. The molecule has 6 aliphatic rings. The summed E-state index contributed by atoms with van der Waals surface area (Å²) in [5.41, 5.74) is -0.560. The first-order chi connectivity index (χ1) is 17.7. The third-order valence-electron chi connectivity index (χ3n) is 13.8. The van der Waals surface area contributed by atoms with Crippen molar-refractivity contribution in [2.24, 2.45) is 56.2 Å². The summed E-state index contributed by atoms with van der Waals surface area (Å²) in [5, 5.41) is 9.93. The van der Waals surface area contributed by atoms with E-state index in [1.807, 2.05) is 19.9 Å². The fourth-order valence-corrected chi connectivity index (χ4v) is 11.6. The molecular formula is C33H47NO4. The number of carbonyl (C=O) groups excluding carboxylic acids is 2. The third kappa shape index (κ3) is 3.17. The van der Waals surface area contributed by atoms with Crippen LogP contribution in [0.4, 0.5) is 0 Å². The molecule has 5 nitrogen and oxygen atoms in total. The van der Waals surface area contributed by atoms with Crippen molar-refractivity contribution in [2.75, 3.05) is 13.4 Å². The van der Waals surface area contributed by atoms with Crippen LogP contribution < -0.4 is 0 Å². The molecule has 1 aliphatic heterocycles. The molecule has 5 aliphatic carbocycles. The van der Waals surface area contributed by atoms with Gasteiger partial charge in [0, 0.05) is 23.2 Å². The maximum atomic E-state index is 14.6. The molecule has 208 valence electrons. The summed E-state index contributed by atoms with van der Waals surface area (Å²) in [6.45, 7) is 17.0. The first-order valence-electron chi connectivity index (χ1n) is 15.1. The molecule has 6 rings (SSSR count). The summed E-state index contributed by atoms with van der Waals surface area (Å²) in [5.74, 6) is 1.01. The van der Waals surface area contributed by atoms with Crippen molar-refractivity contribution < 1.29 is 19.1 Å². The Balaban J connectivity index is 1.46. The van der Waals surface area contributed by atoms with Gasteiger partial charge in [0.05, 0.1) is 18.3 Å². The Morgan fingerprint density at radius 2 is 1.63 bits per heavy atom. The van der Waals surface area contributed by atoms with Gasteiger partial charge in [-0.3, -0.25) is 9.59 Å². The Hall–Kier alpha value is -1.51. The van der Waals surface area contributed by atoms with Crippen LogP contribution in [0.3, 0.4) is 0 Å². The lowest BCUT2D eigenvalue weighted by molar-refractivity contribution is -0.234. The van der Waals surface area contributed by atoms with E-state index in [0.717, 1.165) is 38.5 Å². The maximum Gasteiger partial charge on any atom is 0.178 e. The SMILES string of the molecule is CC1(C)CC[C@]2(C3COCO3)CC[C@]3(C)[C@H](C(=O)C[C@@H]4[C@@]5(C)C=C(C#N)C(=O)C(C)(C)[C@@H]5CC[C@]43C)[C@H]2C1. The highest BCUT2D eigenvalue weighted by Gasteiger charge is 2.73. The highest BCUT2D eigenvalue weighted by molar-refractivity contribution is 6.04. The van der Waals surface area contributed by atoms with Crippen molar-refractivity contribution in [3.05, 3.63) is 11.6 Å². The molecule has 0 N–H and O–H groups in total. The Kier molecular flexibility index (Phi) is 5.64. The van der Waals surface area contributed by atoms with Gasteiger partial charge >= 0.3 is 0 Å². The lowest BCUT2D eigenvalue weighted by Crippen LogP contribution is -2.69. The van der Waals surface area contributed by atoms with Gasteiger partial charge in [0.2, 0.25) is 0 Å². The first-order valence-corrected chi connectivity index (χ1v) is 15.1. The van der Waals surface area contributed by atoms with Crippen molar-refractivity contribution in [1.82, 2.24) is 0 Å². The Bertz CT molecular complexity index is 1140. The molecule has 0 bridgehead atoms. The summed E-state index contributed by atoms with van der Waals surface area (Å²) in [4.78, 5) is 27.9. The Morgan fingerprint density at radius 1 is 0.921 bits per heavy atom. The maximum absolute atomic E-state index is 14.6. The lowest BCUT2D eigenvalue weighted by atomic mass is 9.31. The van der Waals surface area contributed by atoms with Gasteiger partial charge in [0.1, 0.15) is 18.6 Å². The number of ketones is 2. The van der Waals surface area contributed by atoms with Gasteiger partial charge in [0.25, 0.3) is 0 Å². The van der Waals surface area contributed by atoms with Crippen molar-refractivity contribution >= 4 is 11.6 Å². The number of carbonyl (C=O) groups is 2. The van der Waals surface area contributed by atoms with Crippen molar-refractivity contribution in [3.63, 3.8) is 0 Å². The summed E-state index contributed by atoms with van der Waals surface area (Å²) in [6, 6.07) is 2.24. The van der Waals surface area contributed by atoms with E-state index in [4.69, 9.17) is 9.47 Å². The summed E-state index contributed by atoms with van der Waals surface area (Å²) < 4.78 is 12.0. The van der Waals surface area contributed by atoms with E-state index in [2.05, 4.69) is 40.7 Å². The standard InChI is InChI=1S/C33H47NO4/c1-28(2)10-12-33(25-18-37-19-38-25)13-11-32(7)26(21(33)16-28)22(35)14-24-30(5)15-20(17-34)27(36)29(3,4)23(30)8-9-31(24,32)6/h15,21,23-26H,8-14,16,18-19H2,1-7H3/t21-,23+,24-,25?,26+,30+,31-,32-,33+/m1/s1. The van der Waals surface area contributed by atoms with Crippen molar-refractivity contribution in [2.45, 2.75) is 106 Å². The number of nitrogens with zero attached hydrogens (tertiary/aromatic N) is 1. The monoisotopic (exact) mass is 521 g/mol. The Labute approximate surface area is 229 Å². The molecule has 5 fully saturated rings. The zero-order valence-corrected chi connectivity index (χ0v) is 24.6. The number of hydrogen-bond donors (Lipinski definition) is 0. The number of fused-ring (bicyclic) bond motifs is 7. The second kappa shape index (κ2) is 8.03. The molecule has 9 atom stereocenters. The third-order valence-corrected chi connectivity index (χ3v) is 13.8. The molecule has 4 saturated carbocycles. The molecular weight excluding hydrogens is 474 g/mol. The number of hydrogen-bond acceptors (Lipinski definition) is 5. The van der Waals surface area contributed by atoms with E-state index >= 15 is 0 Å². The highest BCUT2D eigenvalue weighted by Crippen LogP contribution is 2.76. The topological polar surface area (TPSA) is 76.4 Å². The van der Waals surface area contributed by atoms with Gasteiger partial charge in [-0.15, -0.1) is 0 Å². The molecule has 0 aromatic rings. The molecule has 1 saturated heterocycles. The van der Waals surface area contributed by atoms with Crippen molar-refractivity contribution in [3.8, 4) is 6.07 Å². The van der Waals surface area contributed by atoms with E-state index in [0.29, 0.717) is 37.1 Å². The normalized spacial score (nSPS) is 51.1. The fraction of sp³-hybridized carbons (Fsp3) is 0.848. The average molecular weight is 522 g/mol. The van der Waals surface area contributed by atoms with Crippen LogP contribution in [0.5, 0.6) is 0 Å². The molecule has 5 heteroatoms. The minimum atomic E-state index is -0.592. The van der Waals surface area contributed by atoms with Gasteiger partial charge in [-0.05, 0) is 84.4 Å². The predicted molar refractivity (Wildman–Crippen MR) is 145 cm³/mol. The molecule has 0 radical (unpaired) electrons. The molecule has 0 aromatic carbocycles. The average Bonchev–Trinajstić information content (AvgIpc) is 3.38. The molecule has 0 amide bonds. The lowest BCUT2D eigenvalue weighted by Gasteiger charge is -2.72. The van der Waals surface area contributed by atoms with Crippen LogP contribution >= 0.6 is 0 Å². The van der Waals surface area contributed by atoms with Gasteiger partial charge in [-0.1, -0.05) is 54.5 Å². The van der Waals surface area contributed by atoms with Crippen LogP contribution in [0.15, 0.2) is 11.6 Å². The zero-order valence-electron chi connectivity index (χ0n) is 24.6. The second-order valence-electron chi connectivity index (χ2n) is 16.1. The van der Waals surface area contributed by atoms with Crippen LogP contribution in [0, 0.1) is 67.5 Å².